The maximum Gasteiger partial charge on any atom is 0.274 e. The maximum atomic E-state index is 12.7. The summed E-state index contributed by atoms with van der Waals surface area (Å²) in [6.07, 6.45) is 4.32. The van der Waals surface area contributed by atoms with E-state index >= 15 is 0 Å². The van der Waals surface area contributed by atoms with Gasteiger partial charge in [-0.05, 0) is 48.0 Å². The van der Waals surface area contributed by atoms with Crippen molar-refractivity contribution in [1.82, 2.24) is 10.1 Å². The van der Waals surface area contributed by atoms with Crippen molar-refractivity contribution in [3.05, 3.63) is 109 Å². The van der Waals surface area contributed by atoms with Crippen LogP contribution in [0.15, 0.2) is 96.4 Å². The lowest BCUT2D eigenvalue weighted by molar-refractivity contribution is -0.111. The number of nitrogens with zero attached hydrogens (tertiary/aromatic N) is 2. The Balaban J connectivity index is 1.39. The number of amides is 2. The van der Waals surface area contributed by atoms with Gasteiger partial charge in [-0.1, -0.05) is 42.1 Å². The minimum atomic E-state index is -0.361. The Morgan fingerprint density at radius 3 is 2.47 bits per heavy atom. The van der Waals surface area contributed by atoms with Crippen LogP contribution in [0.2, 0.25) is 0 Å². The predicted molar refractivity (Wildman–Crippen MR) is 127 cm³/mol. The highest BCUT2D eigenvalue weighted by molar-refractivity contribution is 6.03. The highest BCUT2D eigenvalue weighted by Crippen LogP contribution is 2.18. The second-order valence-corrected chi connectivity index (χ2v) is 7.35. The second-order valence-electron chi connectivity index (χ2n) is 7.35. The minimum Gasteiger partial charge on any atom is -0.364 e. The molecular formula is C26H20N4O4. The lowest BCUT2D eigenvalue weighted by Crippen LogP contribution is -2.14. The number of aromatic nitrogens is 2. The number of hydrogen-bond donors (Lipinski definition) is 2. The molecule has 0 saturated carbocycles. The van der Waals surface area contributed by atoms with Gasteiger partial charge in [-0.25, -0.2) is 4.98 Å². The first kappa shape index (κ1) is 22.3. The molecular weight excluding hydrogens is 432 g/mol. The molecule has 0 unspecified atom stereocenters. The summed E-state index contributed by atoms with van der Waals surface area (Å²) >= 11 is 0. The van der Waals surface area contributed by atoms with E-state index in [0.717, 1.165) is 5.56 Å². The van der Waals surface area contributed by atoms with Crippen LogP contribution in [0.3, 0.4) is 0 Å². The molecule has 8 heteroatoms. The van der Waals surface area contributed by atoms with Gasteiger partial charge in [0.2, 0.25) is 5.91 Å². The number of hydrogen-bond acceptors (Lipinski definition) is 6. The molecule has 0 aliphatic heterocycles. The molecule has 0 atom stereocenters. The van der Waals surface area contributed by atoms with Crippen molar-refractivity contribution in [2.75, 3.05) is 10.6 Å². The molecule has 0 bridgehead atoms. The Kier molecular flexibility index (Phi) is 6.69. The highest BCUT2D eigenvalue weighted by atomic mass is 16.5. The van der Waals surface area contributed by atoms with E-state index in [1.165, 1.54) is 18.5 Å². The molecule has 4 rings (SSSR count). The minimum absolute atomic E-state index is 0.0961. The van der Waals surface area contributed by atoms with E-state index in [4.69, 9.17) is 4.52 Å². The van der Waals surface area contributed by atoms with E-state index in [1.54, 1.807) is 66.7 Å². The van der Waals surface area contributed by atoms with Gasteiger partial charge in [0, 0.05) is 23.4 Å². The average molecular weight is 452 g/mol. The summed E-state index contributed by atoms with van der Waals surface area (Å²) in [6, 6.07) is 18.8. The van der Waals surface area contributed by atoms with E-state index in [1.807, 2.05) is 0 Å². The molecule has 0 aliphatic rings. The molecule has 2 N–H and O–H groups in total. The molecule has 2 amide bonds. The second kappa shape index (κ2) is 10.2. The van der Waals surface area contributed by atoms with Gasteiger partial charge in [-0.3, -0.25) is 14.4 Å². The molecule has 0 aliphatic carbocycles. The number of rotatable bonds is 8. The van der Waals surface area contributed by atoms with Crippen molar-refractivity contribution >= 4 is 29.0 Å². The van der Waals surface area contributed by atoms with Crippen LogP contribution >= 0.6 is 0 Å². The van der Waals surface area contributed by atoms with Crippen LogP contribution in [0.4, 0.5) is 11.4 Å². The normalized spacial score (nSPS) is 10.4. The SMILES string of the molecule is C=CC(=O)Nc1cccc(C(=O)Cc2ccc(NC(=O)c3cccc(-c4cnoc4)n3)cc2)c1. The quantitative estimate of drug-likeness (QED) is 0.300. The Labute approximate surface area is 195 Å². The molecule has 2 aromatic heterocycles. The van der Waals surface area contributed by atoms with Gasteiger partial charge in [0.25, 0.3) is 5.91 Å². The number of ketones is 1. The molecule has 0 fully saturated rings. The molecule has 2 aromatic carbocycles. The standard InChI is InChI=1S/C26H20N4O4/c1-2-25(32)28-21-6-3-5-18(14-21)24(31)13-17-9-11-20(12-10-17)29-26(33)23-8-4-7-22(30-23)19-15-27-34-16-19/h2-12,14-16H,1,13H2,(H,28,32)(H,29,33). The fraction of sp³-hybridized carbons (Fsp3) is 0.0385. The van der Waals surface area contributed by atoms with Gasteiger partial charge in [-0.15, -0.1) is 0 Å². The smallest absolute Gasteiger partial charge is 0.274 e. The number of pyridine rings is 1. The van der Waals surface area contributed by atoms with Crippen molar-refractivity contribution in [2.24, 2.45) is 0 Å². The van der Waals surface area contributed by atoms with Crippen molar-refractivity contribution in [3.63, 3.8) is 0 Å². The summed E-state index contributed by atoms with van der Waals surface area (Å²) in [5, 5.41) is 9.09. The van der Waals surface area contributed by atoms with Crippen LogP contribution in [0, 0.1) is 0 Å². The molecule has 2 heterocycles. The molecule has 8 nitrogen and oxygen atoms in total. The summed E-state index contributed by atoms with van der Waals surface area (Å²) < 4.78 is 4.82. The molecule has 0 saturated heterocycles. The number of carbonyl (C=O) groups excluding carboxylic acids is 3. The Bertz CT molecular complexity index is 1350. The van der Waals surface area contributed by atoms with Crippen LogP contribution < -0.4 is 10.6 Å². The number of nitrogens with one attached hydrogen (secondary N) is 2. The highest BCUT2D eigenvalue weighted by Gasteiger charge is 2.12. The topological polar surface area (TPSA) is 114 Å². The van der Waals surface area contributed by atoms with Crippen LogP contribution in [0.1, 0.15) is 26.4 Å². The summed E-state index contributed by atoms with van der Waals surface area (Å²) in [5.74, 6) is -0.801. The van der Waals surface area contributed by atoms with E-state index in [2.05, 4.69) is 27.4 Å². The third kappa shape index (κ3) is 5.49. The fourth-order valence-corrected chi connectivity index (χ4v) is 3.21. The first-order valence-corrected chi connectivity index (χ1v) is 10.4. The van der Waals surface area contributed by atoms with Crippen molar-refractivity contribution < 1.29 is 18.9 Å². The number of Topliss-reactive ketones (excluding diaryl/α,β-unsaturated/α-hetero) is 1. The first-order chi connectivity index (χ1) is 16.5. The van der Waals surface area contributed by atoms with E-state index in [0.29, 0.717) is 28.2 Å². The molecule has 4 aromatic rings. The number of benzene rings is 2. The first-order valence-electron chi connectivity index (χ1n) is 10.4. The van der Waals surface area contributed by atoms with E-state index in [-0.39, 0.29) is 29.7 Å². The van der Waals surface area contributed by atoms with E-state index in [9.17, 15) is 14.4 Å². The summed E-state index contributed by atoms with van der Waals surface area (Å²) in [5.41, 5.74) is 3.88. The van der Waals surface area contributed by atoms with Gasteiger partial charge < -0.3 is 15.2 Å². The maximum absolute atomic E-state index is 12.7. The lowest BCUT2D eigenvalue weighted by Gasteiger charge is -2.08. The zero-order chi connectivity index (χ0) is 23.9. The number of carbonyl (C=O) groups is 3. The van der Waals surface area contributed by atoms with E-state index < -0.39 is 0 Å². The number of anilines is 2. The lowest BCUT2D eigenvalue weighted by atomic mass is 10.0. The largest absolute Gasteiger partial charge is 0.364 e. The van der Waals surface area contributed by atoms with Crippen molar-refractivity contribution in [3.8, 4) is 11.3 Å². The molecule has 34 heavy (non-hydrogen) atoms. The molecule has 168 valence electrons. The Morgan fingerprint density at radius 2 is 1.74 bits per heavy atom. The summed E-state index contributed by atoms with van der Waals surface area (Å²) in [4.78, 5) is 41.1. The molecule has 0 spiro atoms. The Morgan fingerprint density at radius 1 is 0.941 bits per heavy atom. The third-order valence-electron chi connectivity index (χ3n) is 4.92. The van der Waals surface area contributed by atoms with Crippen LogP contribution in [-0.2, 0) is 11.2 Å². The van der Waals surface area contributed by atoms with Crippen molar-refractivity contribution in [2.45, 2.75) is 6.42 Å². The van der Waals surface area contributed by atoms with Gasteiger partial charge in [-0.2, -0.15) is 0 Å². The van der Waals surface area contributed by atoms with Gasteiger partial charge in [0.1, 0.15) is 12.0 Å². The van der Waals surface area contributed by atoms with Crippen LogP contribution in [0.5, 0.6) is 0 Å². The monoisotopic (exact) mass is 452 g/mol. The van der Waals surface area contributed by atoms with Crippen LogP contribution in [-0.4, -0.2) is 27.7 Å². The summed E-state index contributed by atoms with van der Waals surface area (Å²) in [7, 11) is 0. The van der Waals surface area contributed by atoms with Gasteiger partial charge >= 0.3 is 0 Å². The van der Waals surface area contributed by atoms with Crippen LogP contribution in [0.25, 0.3) is 11.3 Å². The zero-order valence-electron chi connectivity index (χ0n) is 18.0. The fourth-order valence-electron chi connectivity index (χ4n) is 3.21. The zero-order valence-corrected chi connectivity index (χ0v) is 18.0. The average Bonchev–Trinajstić information content (AvgIpc) is 3.40. The predicted octanol–water partition coefficient (Wildman–Crippen LogP) is 4.54. The van der Waals surface area contributed by atoms with Gasteiger partial charge in [0.05, 0.1) is 17.5 Å². The third-order valence-corrected chi connectivity index (χ3v) is 4.92. The summed E-state index contributed by atoms with van der Waals surface area (Å²) in [6.45, 7) is 3.41. The molecule has 0 radical (unpaired) electrons. The Hall–Kier alpha value is -4.85. The van der Waals surface area contributed by atoms with Gasteiger partial charge in [0.15, 0.2) is 5.78 Å². The van der Waals surface area contributed by atoms with Crippen molar-refractivity contribution in [1.29, 1.82) is 0 Å².